The second-order valence-corrected chi connectivity index (χ2v) is 9.52. The van der Waals surface area contributed by atoms with Crippen LogP contribution >= 0.6 is 0 Å². The Kier molecular flexibility index (Phi) is 6.72. The predicted molar refractivity (Wildman–Crippen MR) is 145 cm³/mol. The Labute approximate surface area is 216 Å². The Morgan fingerprint density at radius 3 is 2.54 bits per heavy atom. The average Bonchev–Trinajstić information content (AvgIpc) is 3.37. The quantitative estimate of drug-likeness (QED) is 0.410. The molecule has 2 amide bonds. The van der Waals surface area contributed by atoms with E-state index in [9.17, 15) is 9.59 Å². The zero-order valence-corrected chi connectivity index (χ0v) is 21.0. The second-order valence-electron chi connectivity index (χ2n) is 9.52. The molecule has 0 bridgehead atoms. The number of carbonyl (C=O) groups excluding carboxylic acids is 2. The van der Waals surface area contributed by atoms with Gasteiger partial charge in [-0.2, -0.15) is 5.10 Å². The number of aryl methyl sites for hydroxylation is 2. The summed E-state index contributed by atoms with van der Waals surface area (Å²) >= 11 is 0. The molecule has 1 aliphatic rings. The fraction of sp³-hybridized carbons (Fsp3) is 0.241. The Morgan fingerprint density at radius 2 is 1.84 bits per heavy atom. The average molecular weight is 495 g/mol. The van der Waals surface area contributed by atoms with Crippen LogP contribution in [-0.4, -0.2) is 39.7 Å². The highest BCUT2D eigenvalue weighted by Crippen LogP contribution is 2.27. The predicted octanol–water partition coefficient (Wildman–Crippen LogP) is 4.51. The van der Waals surface area contributed by atoms with Crippen molar-refractivity contribution in [3.8, 4) is 16.9 Å². The van der Waals surface area contributed by atoms with Crippen molar-refractivity contribution in [2.45, 2.75) is 26.7 Å². The van der Waals surface area contributed by atoms with Crippen LogP contribution in [0.15, 0.2) is 73.1 Å². The fourth-order valence-corrected chi connectivity index (χ4v) is 4.62. The molecule has 5 rings (SSSR count). The van der Waals surface area contributed by atoms with E-state index in [1.165, 1.54) is 5.56 Å². The Bertz CT molecular complexity index is 1430. The Hall–Kier alpha value is -4.46. The van der Waals surface area contributed by atoms with Gasteiger partial charge >= 0.3 is 0 Å². The molecule has 8 nitrogen and oxygen atoms in total. The van der Waals surface area contributed by atoms with Crippen LogP contribution < -0.4 is 16.0 Å². The number of piperidine rings is 1. The van der Waals surface area contributed by atoms with E-state index in [-0.39, 0.29) is 17.7 Å². The number of hydrogen-bond donors (Lipinski definition) is 2. The fourth-order valence-electron chi connectivity index (χ4n) is 4.62. The topological polar surface area (TPSA) is 106 Å². The first-order valence-electron chi connectivity index (χ1n) is 12.4. The highest BCUT2D eigenvalue weighted by atomic mass is 16.2. The van der Waals surface area contributed by atoms with Crippen LogP contribution in [0.3, 0.4) is 0 Å². The molecule has 2 aromatic carbocycles. The summed E-state index contributed by atoms with van der Waals surface area (Å²) in [7, 11) is 0. The number of nitrogens with zero attached hydrogens (tertiary/aromatic N) is 4. The lowest BCUT2D eigenvalue weighted by atomic mass is 9.97. The summed E-state index contributed by atoms with van der Waals surface area (Å²) in [5.41, 5.74) is 11.2. The molecule has 2 aromatic heterocycles. The molecule has 0 aliphatic carbocycles. The molecule has 0 saturated carbocycles. The van der Waals surface area contributed by atoms with Gasteiger partial charge in [-0.1, -0.05) is 30.3 Å². The SMILES string of the molecule is Cc1ccc(-c2nn(-c3ccccc3)cc2C(=O)Nc2ccc(N3CCCC(C(N)=O)C3)nc2)cc1C. The van der Waals surface area contributed by atoms with E-state index < -0.39 is 0 Å². The number of para-hydroxylation sites is 1. The van der Waals surface area contributed by atoms with E-state index in [4.69, 9.17) is 10.8 Å². The number of pyridine rings is 1. The highest BCUT2D eigenvalue weighted by Gasteiger charge is 2.25. The lowest BCUT2D eigenvalue weighted by Crippen LogP contribution is -2.41. The van der Waals surface area contributed by atoms with Gasteiger partial charge in [0, 0.05) is 24.8 Å². The first-order valence-corrected chi connectivity index (χ1v) is 12.4. The van der Waals surface area contributed by atoms with Crippen molar-refractivity contribution in [1.82, 2.24) is 14.8 Å². The molecule has 3 heterocycles. The van der Waals surface area contributed by atoms with E-state index >= 15 is 0 Å². The van der Waals surface area contributed by atoms with Crippen LogP contribution in [0.2, 0.25) is 0 Å². The lowest BCUT2D eigenvalue weighted by molar-refractivity contribution is -0.122. The number of hydrogen-bond acceptors (Lipinski definition) is 5. The maximum absolute atomic E-state index is 13.5. The van der Waals surface area contributed by atoms with Gasteiger partial charge in [0.15, 0.2) is 0 Å². The molecule has 1 aliphatic heterocycles. The summed E-state index contributed by atoms with van der Waals surface area (Å²) in [6, 6.07) is 19.5. The van der Waals surface area contributed by atoms with Gasteiger partial charge in [0.05, 0.1) is 29.1 Å². The van der Waals surface area contributed by atoms with Crippen LogP contribution in [0.5, 0.6) is 0 Å². The first kappa shape index (κ1) is 24.2. The third kappa shape index (κ3) is 5.23. The highest BCUT2D eigenvalue weighted by molar-refractivity contribution is 6.08. The number of carbonyl (C=O) groups is 2. The summed E-state index contributed by atoms with van der Waals surface area (Å²) in [6.07, 6.45) is 5.09. The van der Waals surface area contributed by atoms with Crippen molar-refractivity contribution < 1.29 is 9.59 Å². The molecule has 1 unspecified atom stereocenters. The van der Waals surface area contributed by atoms with Crippen molar-refractivity contribution in [1.29, 1.82) is 0 Å². The van der Waals surface area contributed by atoms with Crippen molar-refractivity contribution in [2.75, 3.05) is 23.3 Å². The van der Waals surface area contributed by atoms with Crippen LogP contribution in [-0.2, 0) is 4.79 Å². The molecule has 188 valence electrons. The number of amides is 2. The van der Waals surface area contributed by atoms with E-state index in [1.807, 2.05) is 61.5 Å². The molecular weight excluding hydrogens is 464 g/mol. The van der Waals surface area contributed by atoms with Gasteiger partial charge in [0.2, 0.25) is 5.91 Å². The van der Waals surface area contributed by atoms with Gasteiger partial charge in [-0.3, -0.25) is 9.59 Å². The second kappa shape index (κ2) is 10.3. The number of nitrogens with two attached hydrogens (primary N) is 1. The number of primary amides is 1. The molecule has 1 atom stereocenters. The maximum atomic E-state index is 13.5. The van der Waals surface area contributed by atoms with Gasteiger partial charge in [0.1, 0.15) is 11.5 Å². The molecule has 1 saturated heterocycles. The summed E-state index contributed by atoms with van der Waals surface area (Å²) < 4.78 is 1.73. The van der Waals surface area contributed by atoms with Crippen LogP contribution in [0, 0.1) is 19.8 Å². The molecule has 37 heavy (non-hydrogen) atoms. The summed E-state index contributed by atoms with van der Waals surface area (Å²) in [5, 5.41) is 7.75. The summed E-state index contributed by atoms with van der Waals surface area (Å²) in [6.45, 7) is 5.49. The zero-order chi connectivity index (χ0) is 25.9. The summed E-state index contributed by atoms with van der Waals surface area (Å²) in [5.74, 6) is 0.0532. The number of rotatable bonds is 6. The monoisotopic (exact) mass is 494 g/mol. The normalized spacial score (nSPS) is 15.4. The van der Waals surface area contributed by atoms with Gasteiger partial charge in [0.25, 0.3) is 5.91 Å². The molecule has 3 N–H and O–H groups in total. The summed E-state index contributed by atoms with van der Waals surface area (Å²) in [4.78, 5) is 31.7. The van der Waals surface area contributed by atoms with Gasteiger partial charge < -0.3 is 16.0 Å². The van der Waals surface area contributed by atoms with Crippen LogP contribution in [0.1, 0.15) is 34.3 Å². The van der Waals surface area contributed by atoms with E-state index in [0.717, 1.165) is 42.0 Å². The third-order valence-corrected chi connectivity index (χ3v) is 6.91. The lowest BCUT2D eigenvalue weighted by Gasteiger charge is -2.32. The van der Waals surface area contributed by atoms with Gasteiger partial charge in [-0.15, -0.1) is 0 Å². The smallest absolute Gasteiger partial charge is 0.259 e. The number of nitrogens with one attached hydrogen (secondary N) is 1. The van der Waals surface area contributed by atoms with E-state index in [1.54, 1.807) is 17.1 Å². The third-order valence-electron chi connectivity index (χ3n) is 6.91. The molecule has 8 heteroatoms. The molecule has 0 spiro atoms. The van der Waals surface area contributed by atoms with Crippen LogP contribution in [0.25, 0.3) is 16.9 Å². The molecule has 4 aromatic rings. The van der Waals surface area contributed by atoms with Crippen LogP contribution in [0.4, 0.5) is 11.5 Å². The minimum atomic E-state index is -0.274. The minimum absolute atomic E-state index is 0.167. The molecule has 1 fully saturated rings. The van der Waals surface area contributed by atoms with E-state index in [2.05, 4.69) is 28.2 Å². The molecule has 0 radical (unpaired) electrons. The number of aromatic nitrogens is 3. The maximum Gasteiger partial charge on any atom is 0.259 e. The minimum Gasteiger partial charge on any atom is -0.369 e. The number of anilines is 2. The van der Waals surface area contributed by atoms with E-state index in [0.29, 0.717) is 23.5 Å². The van der Waals surface area contributed by atoms with Crippen molar-refractivity contribution in [3.05, 3.63) is 89.7 Å². The largest absolute Gasteiger partial charge is 0.369 e. The first-order chi connectivity index (χ1) is 17.9. The van der Waals surface area contributed by atoms with Crippen molar-refractivity contribution in [3.63, 3.8) is 0 Å². The number of benzene rings is 2. The Morgan fingerprint density at radius 1 is 1.03 bits per heavy atom. The molecular formula is C29H30N6O2. The Balaban J connectivity index is 1.40. The zero-order valence-electron chi connectivity index (χ0n) is 21.0. The van der Waals surface area contributed by atoms with Gasteiger partial charge in [-0.25, -0.2) is 9.67 Å². The van der Waals surface area contributed by atoms with Gasteiger partial charge in [-0.05, 0) is 68.1 Å². The van der Waals surface area contributed by atoms with Crippen molar-refractivity contribution in [2.24, 2.45) is 11.7 Å². The standard InChI is InChI=1S/C29H30N6O2/c1-19-10-11-21(15-20(19)2)27-25(18-35(33-27)24-8-4-3-5-9-24)29(37)32-23-12-13-26(31-16-23)34-14-6-7-22(17-34)28(30)36/h3-5,8-13,15-16,18,22H,6-7,14,17H2,1-2H3,(H2,30,36)(H,32,37). The van der Waals surface area contributed by atoms with Crippen molar-refractivity contribution >= 4 is 23.3 Å².